The molecule has 0 radical (unpaired) electrons. The van der Waals surface area contributed by atoms with E-state index in [1.54, 1.807) is 6.07 Å². The fourth-order valence-corrected chi connectivity index (χ4v) is 8.70. The van der Waals surface area contributed by atoms with E-state index >= 15 is 0 Å². The molecule has 1 heterocycles. The minimum absolute atomic E-state index is 0. The van der Waals surface area contributed by atoms with E-state index in [9.17, 15) is 9.90 Å². The van der Waals surface area contributed by atoms with E-state index in [1.807, 2.05) is 12.1 Å². The molecule has 230 valence electrons. The quantitative estimate of drug-likeness (QED) is 0.258. The zero-order chi connectivity index (χ0) is 29.0. The first-order valence-electron chi connectivity index (χ1n) is 16.4. The van der Waals surface area contributed by atoms with E-state index < -0.39 is 5.41 Å². The number of aromatic hydroxyl groups is 1. The smallest absolute Gasteiger partial charge is 0.230 e. The zero-order valence-corrected chi connectivity index (χ0v) is 26.5. The maximum Gasteiger partial charge on any atom is 0.230 e. The second-order valence-corrected chi connectivity index (χ2v) is 13.5. The van der Waals surface area contributed by atoms with Crippen molar-refractivity contribution < 1.29 is 9.90 Å². The van der Waals surface area contributed by atoms with E-state index in [1.165, 1.54) is 29.5 Å². The number of carbonyl (C=O) groups is 1. The van der Waals surface area contributed by atoms with Crippen molar-refractivity contribution in [2.75, 3.05) is 13.1 Å². The van der Waals surface area contributed by atoms with Gasteiger partial charge < -0.3 is 10.4 Å². The van der Waals surface area contributed by atoms with Crippen LogP contribution in [0.25, 0.3) is 0 Å². The maximum atomic E-state index is 14.5. The molecule has 2 N–H and O–H groups in total. The van der Waals surface area contributed by atoms with Crippen molar-refractivity contribution in [2.24, 2.45) is 5.92 Å². The van der Waals surface area contributed by atoms with E-state index in [0.717, 1.165) is 70.9 Å². The summed E-state index contributed by atoms with van der Waals surface area (Å²) in [6.07, 6.45) is 11.7. The number of hydrogen-bond donors (Lipinski definition) is 2. The van der Waals surface area contributed by atoms with Gasteiger partial charge in [-0.1, -0.05) is 105 Å². The van der Waals surface area contributed by atoms with Crippen LogP contribution in [0.5, 0.6) is 5.75 Å². The van der Waals surface area contributed by atoms with Gasteiger partial charge in [0.05, 0.1) is 5.41 Å². The average molecular weight is 601 g/mol. The van der Waals surface area contributed by atoms with Gasteiger partial charge in [-0.05, 0) is 86.2 Å². The first-order chi connectivity index (χ1) is 20.5. The van der Waals surface area contributed by atoms with E-state index in [-0.39, 0.29) is 29.8 Å². The molecule has 3 aromatic carbocycles. The van der Waals surface area contributed by atoms with Gasteiger partial charge in [0.25, 0.3) is 0 Å². The van der Waals surface area contributed by atoms with E-state index in [4.69, 9.17) is 0 Å². The van der Waals surface area contributed by atoms with Crippen molar-refractivity contribution >= 4 is 18.3 Å². The largest absolute Gasteiger partial charge is 0.508 e. The summed E-state index contributed by atoms with van der Waals surface area (Å²) >= 11 is 0. The van der Waals surface area contributed by atoms with Crippen molar-refractivity contribution in [1.82, 2.24) is 10.2 Å². The van der Waals surface area contributed by atoms with Crippen LogP contribution in [0.1, 0.15) is 87.8 Å². The number of nitrogens with one attached hydrogen (secondary N) is 1. The Labute approximate surface area is 264 Å². The maximum absolute atomic E-state index is 14.5. The lowest BCUT2D eigenvalue weighted by Gasteiger charge is -2.57. The van der Waals surface area contributed by atoms with E-state index in [2.05, 4.69) is 83.9 Å². The van der Waals surface area contributed by atoms with Crippen molar-refractivity contribution in [2.45, 2.75) is 100 Å². The lowest BCUT2D eigenvalue weighted by Crippen LogP contribution is -2.62. The molecule has 0 spiro atoms. The predicted octanol–water partition coefficient (Wildman–Crippen LogP) is 7.97. The second-order valence-electron chi connectivity index (χ2n) is 13.5. The molecule has 2 saturated carbocycles. The summed E-state index contributed by atoms with van der Waals surface area (Å²) in [6.45, 7) is 4.53. The number of likely N-dealkylation sites (tertiary alicyclic amines) is 1. The summed E-state index contributed by atoms with van der Waals surface area (Å²) in [6, 6.07) is 29.9. The second kappa shape index (κ2) is 13.9. The monoisotopic (exact) mass is 600 g/mol. The van der Waals surface area contributed by atoms with Crippen LogP contribution in [0.2, 0.25) is 0 Å². The number of nitrogens with zero attached hydrogens (tertiary/aromatic N) is 1. The molecule has 5 heteroatoms. The number of amides is 1. The Morgan fingerprint density at radius 1 is 0.884 bits per heavy atom. The third-order valence-corrected chi connectivity index (χ3v) is 11.0. The Morgan fingerprint density at radius 2 is 1.56 bits per heavy atom. The molecule has 3 aromatic rings. The highest BCUT2D eigenvalue weighted by atomic mass is 35.5. The Bertz CT molecular complexity index is 1320. The van der Waals surface area contributed by atoms with Crippen LogP contribution in [0.3, 0.4) is 0 Å². The van der Waals surface area contributed by atoms with Gasteiger partial charge in [0.1, 0.15) is 5.75 Å². The topological polar surface area (TPSA) is 52.6 Å². The Hall–Kier alpha value is -2.82. The third-order valence-electron chi connectivity index (χ3n) is 11.0. The first kappa shape index (κ1) is 31.6. The molecule has 3 fully saturated rings. The van der Waals surface area contributed by atoms with Gasteiger partial charge in [-0.15, -0.1) is 12.4 Å². The van der Waals surface area contributed by atoms with Gasteiger partial charge in [-0.2, -0.15) is 0 Å². The summed E-state index contributed by atoms with van der Waals surface area (Å²) < 4.78 is 0. The lowest BCUT2D eigenvalue weighted by atomic mass is 9.57. The van der Waals surface area contributed by atoms with Crippen molar-refractivity contribution in [3.63, 3.8) is 0 Å². The average Bonchev–Trinajstić information content (AvgIpc) is 3.28. The molecule has 1 aliphatic heterocycles. The summed E-state index contributed by atoms with van der Waals surface area (Å²) in [5.74, 6) is 0.992. The minimum Gasteiger partial charge on any atom is -0.508 e. The van der Waals surface area contributed by atoms with Crippen LogP contribution < -0.4 is 5.32 Å². The Balaban J connectivity index is 0.00000368. The molecule has 4 atom stereocenters. The number of rotatable bonds is 8. The van der Waals surface area contributed by atoms with Crippen molar-refractivity contribution in [3.05, 3.63) is 102 Å². The summed E-state index contributed by atoms with van der Waals surface area (Å²) in [7, 11) is 0. The molecule has 0 aromatic heterocycles. The van der Waals surface area contributed by atoms with Gasteiger partial charge in [-0.25, -0.2) is 0 Å². The van der Waals surface area contributed by atoms with Crippen LogP contribution in [-0.2, 0) is 22.0 Å². The molecule has 1 saturated heterocycles. The first-order valence-corrected chi connectivity index (χ1v) is 16.4. The highest BCUT2D eigenvalue weighted by molar-refractivity contribution is 5.88. The van der Waals surface area contributed by atoms with Gasteiger partial charge in [0.15, 0.2) is 0 Å². The highest BCUT2D eigenvalue weighted by Gasteiger charge is 2.52. The molecule has 1 amide bonds. The molecule has 2 aliphatic carbocycles. The number of phenols is 1. The standard InChI is InChI=1S/C38H48N2O2.ClH/c1-29-28-40(23-13-16-30-14-6-4-7-15-30)34-25-33(26-38(29,27-34)32-19-12-20-35(41)24-32)39-36(42)37(21-10-2-3-11-22-37)31-17-8-5-9-18-31;/h4-9,12,14-15,17-20,24,29,33-34,41H,2-3,10-11,13,16,21-23,25-28H2,1H3,(H,39,42);1H/t29-,33+,34+,38+;/m0./s1. The van der Waals surface area contributed by atoms with Crippen molar-refractivity contribution in [1.29, 1.82) is 0 Å². The highest BCUT2D eigenvalue weighted by Crippen LogP contribution is 2.51. The Kier molecular flexibility index (Phi) is 10.2. The van der Waals surface area contributed by atoms with E-state index in [0.29, 0.717) is 17.7 Å². The molecule has 2 bridgehead atoms. The van der Waals surface area contributed by atoms with Crippen LogP contribution >= 0.6 is 12.4 Å². The molecular formula is C38H49ClN2O2. The molecule has 43 heavy (non-hydrogen) atoms. The zero-order valence-electron chi connectivity index (χ0n) is 25.7. The number of piperidine rings is 1. The number of fused-ring (bicyclic) bond motifs is 2. The number of benzene rings is 3. The predicted molar refractivity (Wildman–Crippen MR) is 178 cm³/mol. The minimum atomic E-state index is -0.441. The summed E-state index contributed by atoms with van der Waals surface area (Å²) in [5, 5.41) is 14.2. The van der Waals surface area contributed by atoms with Gasteiger partial charge in [0.2, 0.25) is 5.91 Å². The van der Waals surface area contributed by atoms with Crippen LogP contribution in [-0.4, -0.2) is 41.1 Å². The number of aryl methyl sites for hydroxylation is 1. The Morgan fingerprint density at radius 3 is 2.26 bits per heavy atom. The third kappa shape index (κ3) is 6.66. The molecule has 0 unspecified atom stereocenters. The fraction of sp³-hybridized carbons (Fsp3) is 0.500. The van der Waals surface area contributed by atoms with Crippen LogP contribution in [0.4, 0.5) is 0 Å². The number of hydrogen-bond acceptors (Lipinski definition) is 3. The number of halogens is 1. The van der Waals surface area contributed by atoms with Gasteiger partial charge in [0, 0.05) is 24.0 Å². The number of carbonyl (C=O) groups excluding carboxylic acids is 1. The molecule has 4 nitrogen and oxygen atoms in total. The van der Waals surface area contributed by atoms with Crippen molar-refractivity contribution in [3.8, 4) is 5.75 Å². The SMILES string of the molecule is C[C@H]1CN(CCCc2ccccc2)[C@@H]2C[C@@H](NC(=O)C3(c4ccccc4)CCCCCC3)C[C@@]1(c1cccc(O)c1)C2.Cl. The molecule has 6 rings (SSSR count). The van der Waals surface area contributed by atoms with Crippen LogP contribution in [0, 0.1) is 5.92 Å². The normalized spacial score (nSPS) is 27.0. The van der Waals surface area contributed by atoms with Crippen LogP contribution in [0.15, 0.2) is 84.9 Å². The molecule has 3 aliphatic rings. The number of phenolic OH excluding ortho intramolecular Hbond substituents is 1. The lowest BCUT2D eigenvalue weighted by molar-refractivity contribution is -0.129. The molecular weight excluding hydrogens is 552 g/mol. The van der Waals surface area contributed by atoms with Gasteiger partial charge in [-0.3, -0.25) is 9.69 Å². The summed E-state index contributed by atoms with van der Waals surface area (Å²) in [4.78, 5) is 17.2. The summed E-state index contributed by atoms with van der Waals surface area (Å²) in [5.41, 5.74) is 3.32. The fourth-order valence-electron chi connectivity index (χ4n) is 8.70. The van der Waals surface area contributed by atoms with Gasteiger partial charge >= 0.3 is 0 Å².